The van der Waals surface area contributed by atoms with E-state index in [1.165, 1.54) is 6.07 Å². The van der Waals surface area contributed by atoms with Gasteiger partial charge in [0.1, 0.15) is 5.69 Å². The molecule has 1 heterocycles. The first-order chi connectivity index (χ1) is 12.1. The van der Waals surface area contributed by atoms with Gasteiger partial charge in [-0.1, -0.05) is 18.2 Å². The fourth-order valence-corrected chi connectivity index (χ4v) is 3.24. The number of carbonyl (C=O) groups is 1. The van der Waals surface area contributed by atoms with Crippen LogP contribution in [0.1, 0.15) is 30.1 Å². The number of nitrogens with zero attached hydrogens (tertiary/aromatic N) is 3. The third-order valence-electron chi connectivity index (χ3n) is 4.50. The number of nitro benzene ring substituents is 1. The maximum atomic E-state index is 12.9. The maximum absolute atomic E-state index is 12.9. The average Bonchev–Trinajstić information content (AvgIpc) is 3.17. The van der Waals surface area contributed by atoms with Gasteiger partial charge in [0.05, 0.1) is 4.92 Å². The van der Waals surface area contributed by atoms with Gasteiger partial charge >= 0.3 is 0 Å². The molecule has 0 saturated carbocycles. The average molecular weight is 339 g/mol. The van der Waals surface area contributed by atoms with E-state index >= 15 is 0 Å². The predicted octanol–water partition coefficient (Wildman–Crippen LogP) is 3.86. The first-order valence-corrected chi connectivity index (χ1v) is 8.52. The summed E-state index contributed by atoms with van der Waals surface area (Å²) in [5, 5.41) is 11.5. The minimum absolute atomic E-state index is 0.00290. The number of rotatable bonds is 5. The van der Waals surface area contributed by atoms with Crippen molar-refractivity contribution in [1.82, 2.24) is 0 Å². The van der Waals surface area contributed by atoms with Crippen LogP contribution in [0.4, 0.5) is 17.1 Å². The minimum Gasteiger partial charge on any atom is -0.366 e. The first-order valence-electron chi connectivity index (χ1n) is 8.52. The number of benzene rings is 2. The summed E-state index contributed by atoms with van der Waals surface area (Å²) in [6, 6.07) is 14.1. The second-order valence-electron chi connectivity index (χ2n) is 6.04. The number of nitro groups is 1. The zero-order valence-electron chi connectivity index (χ0n) is 14.2. The Bertz CT molecular complexity index is 771. The van der Waals surface area contributed by atoms with Crippen LogP contribution in [0.15, 0.2) is 48.5 Å². The number of hydrogen-bond donors (Lipinski definition) is 0. The molecule has 0 atom stereocenters. The minimum atomic E-state index is -0.400. The summed E-state index contributed by atoms with van der Waals surface area (Å²) in [4.78, 5) is 27.6. The molecule has 2 aromatic carbocycles. The van der Waals surface area contributed by atoms with Crippen molar-refractivity contribution < 1.29 is 9.72 Å². The third kappa shape index (κ3) is 3.47. The molecule has 130 valence electrons. The molecule has 1 aliphatic rings. The lowest BCUT2D eigenvalue weighted by atomic mass is 10.1. The zero-order chi connectivity index (χ0) is 17.8. The van der Waals surface area contributed by atoms with Gasteiger partial charge in [0.25, 0.3) is 11.6 Å². The van der Waals surface area contributed by atoms with Gasteiger partial charge in [0.15, 0.2) is 0 Å². The van der Waals surface area contributed by atoms with Crippen LogP contribution in [-0.4, -0.2) is 30.5 Å². The maximum Gasteiger partial charge on any atom is 0.293 e. The molecule has 0 unspecified atom stereocenters. The van der Waals surface area contributed by atoms with E-state index in [2.05, 4.69) is 0 Å². The number of carbonyl (C=O) groups excluding carboxylic acids is 1. The van der Waals surface area contributed by atoms with Gasteiger partial charge in [0, 0.05) is 37.0 Å². The molecule has 1 fully saturated rings. The van der Waals surface area contributed by atoms with E-state index in [1.807, 2.05) is 42.2 Å². The highest BCUT2D eigenvalue weighted by molar-refractivity contribution is 6.06. The van der Waals surface area contributed by atoms with E-state index in [0.29, 0.717) is 17.8 Å². The van der Waals surface area contributed by atoms with Crippen molar-refractivity contribution in [3.8, 4) is 0 Å². The molecule has 1 saturated heterocycles. The lowest BCUT2D eigenvalue weighted by Gasteiger charge is -2.22. The van der Waals surface area contributed by atoms with Crippen LogP contribution in [0.2, 0.25) is 0 Å². The van der Waals surface area contributed by atoms with Crippen LogP contribution in [-0.2, 0) is 0 Å². The molecule has 3 rings (SSSR count). The second kappa shape index (κ2) is 7.34. The quantitative estimate of drug-likeness (QED) is 0.613. The lowest BCUT2D eigenvalue weighted by molar-refractivity contribution is -0.384. The van der Waals surface area contributed by atoms with Gasteiger partial charge in [-0.3, -0.25) is 14.9 Å². The molecular weight excluding hydrogens is 318 g/mol. The summed E-state index contributed by atoms with van der Waals surface area (Å²) >= 11 is 0. The Hall–Kier alpha value is -2.89. The first kappa shape index (κ1) is 17.0. The van der Waals surface area contributed by atoms with Crippen LogP contribution >= 0.6 is 0 Å². The standard InChI is InChI=1S/C19H21N3O3/c1-2-21(16-8-4-3-5-9-16)19(23)15-10-11-17(18(14-15)22(24)25)20-12-6-7-13-20/h3-5,8-11,14H,2,6-7,12-13H2,1H3. The van der Waals surface area contributed by atoms with E-state index in [4.69, 9.17) is 0 Å². The molecule has 25 heavy (non-hydrogen) atoms. The van der Waals surface area contributed by atoms with Crippen molar-refractivity contribution in [2.75, 3.05) is 29.4 Å². The molecule has 0 spiro atoms. The molecule has 0 N–H and O–H groups in total. The van der Waals surface area contributed by atoms with E-state index in [1.54, 1.807) is 17.0 Å². The van der Waals surface area contributed by atoms with Crippen molar-refractivity contribution in [2.45, 2.75) is 19.8 Å². The predicted molar refractivity (Wildman–Crippen MR) is 98.3 cm³/mol. The van der Waals surface area contributed by atoms with Gasteiger partial charge in [-0.05, 0) is 44.0 Å². The normalized spacial score (nSPS) is 13.7. The van der Waals surface area contributed by atoms with Crippen LogP contribution in [0.25, 0.3) is 0 Å². The van der Waals surface area contributed by atoms with E-state index in [9.17, 15) is 14.9 Å². The zero-order valence-corrected chi connectivity index (χ0v) is 14.2. The van der Waals surface area contributed by atoms with Crippen molar-refractivity contribution in [2.24, 2.45) is 0 Å². The Kier molecular flexibility index (Phi) is 4.97. The molecule has 2 aromatic rings. The molecule has 0 radical (unpaired) electrons. The summed E-state index contributed by atoms with van der Waals surface area (Å²) in [6.07, 6.45) is 2.07. The van der Waals surface area contributed by atoms with Gasteiger partial charge in [-0.15, -0.1) is 0 Å². The second-order valence-corrected chi connectivity index (χ2v) is 6.04. The topological polar surface area (TPSA) is 66.7 Å². The van der Waals surface area contributed by atoms with Crippen molar-refractivity contribution in [3.63, 3.8) is 0 Å². The largest absolute Gasteiger partial charge is 0.366 e. The molecule has 0 aromatic heterocycles. The summed E-state index contributed by atoms with van der Waals surface area (Å²) < 4.78 is 0. The monoisotopic (exact) mass is 339 g/mol. The highest BCUT2D eigenvalue weighted by atomic mass is 16.6. The SMILES string of the molecule is CCN(C(=O)c1ccc(N2CCCC2)c([N+](=O)[O-])c1)c1ccccc1. The van der Waals surface area contributed by atoms with Crippen LogP contribution in [0.3, 0.4) is 0 Å². The van der Waals surface area contributed by atoms with Crippen LogP contribution in [0.5, 0.6) is 0 Å². The Morgan fingerprint density at radius 3 is 2.44 bits per heavy atom. The molecule has 1 aliphatic heterocycles. The Balaban J connectivity index is 1.95. The number of anilines is 2. The molecule has 0 aliphatic carbocycles. The third-order valence-corrected chi connectivity index (χ3v) is 4.50. The highest BCUT2D eigenvalue weighted by Gasteiger charge is 2.25. The molecular formula is C19H21N3O3. The molecule has 1 amide bonds. The highest BCUT2D eigenvalue weighted by Crippen LogP contribution is 2.32. The summed E-state index contributed by atoms with van der Waals surface area (Å²) in [5.74, 6) is -0.232. The Morgan fingerprint density at radius 1 is 1.16 bits per heavy atom. The van der Waals surface area contributed by atoms with Crippen molar-refractivity contribution in [1.29, 1.82) is 0 Å². The van der Waals surface area contributed by atoms with Gasteiger partial charge in [-0.2, -0.15) is 0 Å². The summed E-state index contributed by atoms with van der Waals surface area (Å²) in [6.45, 7) is 4.01. The van der Waals surface area contributed by atoms with E-state index in [0.717, 1.165) is 31.6 Å². The van der Waals surface area contributed by atoms with Crippen LogP contribution in [0, 0.1) is 10.1 Å². The fourth-order valence-electron chi connectivity index (χ4n) is 3.24. The van der Waals surface area contributed by atoms with E-state index < -0.39 is 4.92 Å². The summed E-state index contributed by atoms with van der Waals surface area (Å²) in [5.41, 5.74) is 1.71. The smallest absolute Gasteiger partial charge is 0.293 e. The Labute approximate surface area is 146 Å². The van der Waals surface area contributed by atoms with Crippen molar-refractivity contribution in [3.05, 3.63) is 64.2 Å². The van der Waals surface area contributed by atoms with Gasteiger partial charge < -0.3 is 9.80 Å². The van der Waals surface area contributed by atoms with E-state index in [-0.39, 0.29) is 11.6 Å². The molecule has 6 nitrogen and oxygen atoms in total. The number of amides is 1. The summed E-state index contributed by atoms with van der Waals surface area (Å²) in [7, 11) is 0. The van der Waals surface area contributed by atoms with Gasteiger partial charge in [-0.25, -0.2) is 0 Å². The number of hydrogen-bond acceptors (Lipinski definition) is 4. The molecule has 6 heteroatoms. The van der Waals surface area contributed by atoms with Gasteiger partial charge in [0.2, 0.25) is 0 Å². The lowest BCUT2D eigenvalue weighted by Crippen LogP contribution is -2.30. The van der Waals surface area contributed by atoms with Crippen LogP contribution < -0.4 is 9.80 Å². The Morgan fingerprint density at radius 2 is 1.84 bits per heavy atom. The molecule has 0 bridgehead atoms. The fraction of sp³-hybridized carbons (Fsp3) is 0.316. The van der Waals surface area contributed by atoms with Crippen molar-refractivity contribution >= 4 is 23.0 Å². The number of para-hydroxylation sites is 1.